The molecule has 0 unspecified atom stereocenters. The third-order valence-electron chi connectivity index (χ3n) is 7.15. The SMILES string of the molecule is CCC(=O)N1CCC(NC(=O)c2c(C)[nH]c3cnc(-c4cc(C(F)(F)F)ccc4OCC4CC4)nc23)CC1. The van der Waals surface area contributed by atoms with Crippen molar-refractivity contribution in [1.82, 2.24) is 25.2 Å². The van der Waals surface area contributed by atoms with E-state index in [-0.39, 0.29) is 35.0 Å². The average Bonchev–Trinajstić information content (AvgIpc) is 3.66. The fourth-order valence-corrected chi connectivity index (χ4v) is 4.77. The highest BCUT2D eigenvalue weighted by Crippen LogP contribution is 2.38. The molecule has 3 heterocycles. The summed E-state index contributed by atoms with van der Waals surface area (Å²) in [5.74, 6) is 0.502. The number of H-pyrrole nitrogens is 1. The number of aryl methyl sites for hydroxylation is 1. The van der Waals surface area contributed by atoms with Crippen LogP contribution in [0.25, 0.3) is 22.4 Å². The third kappa shape index (κ3) is 5.46. The molecule has 2 fully saturated rings. The number of nitrogens with one attached hydrogen (secondary N) is 2. The van der Waals surface area contributed by atoms with Crippen LogP contribution in [0, 0.1) is 12.8 Å². The number of nitrogens with zero attached hydrogens (tertiary/aromatic N) is 3. The van der Waals surface area contributed by atoms with E-state index in [9.17, 15) is 22.8 Å². The molecule has 0 radical (unpaired) electrons. The molecule has 0 atom stereocenters. The molecule has 1 aliphatic heterocycles. The molecule has 202 valence electrons. The third-order valence-corrected chi connectivity index (χ3v) is 7.15. The zero-order valence-corrected chi connectivity index (χ0v) is 21.3. The van der Waals surface area contributed by atoms with Crippen LogP contribution in [0.2, 0.25) is 0 Å². The lowest BCUT2D eigenvalue weighted by Crippen LogP contribution is -2.46. The first-order valence-corrected chi connectivity index (χ1v) is 12.9. The molecule has 2 N–H and O–H groups in total. The lowest BCUT2D eigenvalue weighted by molar-refractivity contribution is -0.137. The van der Waals surface area contributed by atoms with Gasteiger partial charge in [0.1, 0.15) is 11.3 Å². The molecular formula is C27H30F3N5O3. The molecule has 2 aliphatic rings. The Morgan fingerprint density at radius 2 is 1.92 bits per heavy atom. The van der Waals surface area contributed by atoms with Gasteiger partial charge in [-0.1, -0.05) is 6.92 Å². The normalized spacial score (nSPS) is 16.6. The molecule has 11 heteroatoms. The maximum Gasteiger partial charge on any atom is 0.416 e. The standard InChI is InChI=1S/C27H30F3N5O3/c1-3-22(36)35-10-8-18(9-11-35)33-26(37)23-15(2)32-20-13-31-25(34-24(20)23)19-12-17(27(28,29)30)6-7-21(19)38-14-16-4-5-16/h6-7,12-13,16,18,32H,3-5,8-11,14H2,1-2H3,(H,33,37). The van der Waals surface area contributed by atoms with Crippen LogP contribution in [-0.2, 0) is 11.0 Å². The Morgan fingerprint density at radius 3 is 2.58 bits per heavy atom. The van der Waals surface area contributed by atoms with Crippen molar-refractivity contribution < 1.29 is 27.5 Å². The van der Waals surface area contributed by atoms with Crippen LogP contribution in [0.15, 0.2) is 24.4 Å². The van der Waals surface area contributed by atoms with Crippen LogP contribution in [-0.4, -0.2) is 57.4 Å². The summed E-state index contributed by atoms with van der Waals surface area (Å²) in [6.07, 6.45) is 0.742. The smallest absolute Gasteiger partial charge is 0.416 e. The molecule has 1 saturated heterocycles. The summed E-state index contributed by atoms with van der Waals surface area (Å²) in [6, 6.07) is 3.19. The number of amides is 2. The first-order valence-electron chi connectivity index (χ1n) is 12.9. The Balaban J connectivity index is 1.43. The number of alkyl halides is 3. The Bertz CT molecular complexity index is 1360. The van der Waals surface area contributed by atoms with E-state index in [2.05, 4.69) is 20.3 Å². The van der Waals surface area contributed by atoms with Crippen LogP contribution in [0.5, 0.6) is 5.75 Å². The van der Waals surface area contributed by atoms with Gasteiger partial charge in [0, 0.05) is 31.2 Å². The number of halogens is 3. The van der Waals surface area contributed by atoms with E-state index >= 15 is 0 Å². The topological polar surface area (TPSA) is 100 Å². The molecular weight excluding hydrogens is 499 g/mol. The van der Waals surface area contributed by atoms with Gasteiger partial charge in [0.05, 0.1) is 35.0 Å². The minimum absolute atomic E-state index is 0.0498. The lowest BCUT2D eigenvalue weighted by atomic mass is 10.0. The summed E-state index contributed by atoms with van der Waals surface area (Å²) in [6.45, 7) is 5.15. The summed E-state index contributed by atoms with van der Waals surface area (Å²) < 4.78 is 46.4. The number of benzene rings is 1. The molecule has 3 aromatic rings. The van der Waals surface area contributed by atoms with Crippen molar-refractivity contribution in [3.8, 4) is 17.1 Å². The first kappa shape index (κ1) is 26.0. The van der Waals surface area contributed by atoms with Crippen molar-refractivity contribution in [3.63, 3.8) is 0 Å². The second kappa shape index (κ2) is 10.3. The average molecular weight is 530 g/mol. The number of hydrogen-bond acceptors (Lipinski definition) is 5. The molecule has 0 spiro atoms. The zero-order valence-electron chi connectivity index (χ0n) is 21.3. The minimum Gasteiger partial charge on any atom is -0.493 e. The summed E-state index contributed by atoms with van der Waals surface area (Å²) >= 11 is 0. The number of piperidine rings is 1. The van der Waals surface area contributed by atoms with Gasteiger partial charge in [0.15, 0.2) is 5.82 Å². The highest BCUT2D eigenvalue weighted by molar-refractivity contribution is 6.07. The number of ether oxygens (including phenoxy) is 1. The number of fused-ring (bicyclic) bond motifs is 1. The van der Waals surface area contributed by atoms with Gasteiger partial charge < -0.3 is 19.9 Å². The largest absolute Gasteiger partial charge is 0.493 e. The molecule has 38 heavy (non-hydrogen) atoms. The van der Waals surface area contributed by atoms with Crippen molar-refractivity contribution in [2.24, 2.45) is 5.92 Å². The van der Waals surface area contributed by atoms with Gasteiger partial charge in [-0.15, -0.1) is 0 Å². The van der Waals surface area contributed by atoms with E-state index < -0.39 is 11.7 Å². The Labute approximate surface area is 218 Å². The van der Waals surface area contributed by atoms with Crippen molar-refractivity contribution in [2.45, 2.75) is 58.2 Å². The molecule has 1 aliphatic carbocycles. The number of carbonyl (C=O) groups excluding carboxylic acids is 2. The van der Waals surface area contributed by atoms with E-state index in [0.29, 0.717) is 67.2 Å². The van der Waals surface area contributed by atoms with Gasteiger partial charge in [0.25, 0.3) is 5.91 Å². The number of aromatic nitrogens is 3. The van der Waals surface area contributed by atoms with Gasteiger partial charge in [-0.3, -0.25) is 9.59 Å². The summed E-state index contributed by atoms with van der Waals surface area (Å²) in [5, 5.41) is 3.04. The minimum atomic E-state index is -4.54. The predicted molar refractivity (Wildman–Crippen MR) is 135 cm³/mol. The summed E-state index contributed by atoms with van der Waals surface area (Å²) in [5.41, 5.74) is 1.04. The molecule has 1 saturated carbocycles. The van der Waals surface area contributed by atoms with Gasteiger partial charge in [-0.25, -0.2) is 9.97 Å². The first-order chi connectivity index (χ1) is 18.1. The highest BCUT2D eigenvalue weighted by Gasteiger charge is 2.32. The van der Waals surface area contributed by atoms with Crippen LogP contribution in [0.3, 0.4) is 0 Å². The van der Waals surface area contributed by atoms with Gasteiger partial charge in [-0.05, 0) is 56.7 Å². The maximum atomic E-state index is 13.5. The van der Waals surface area contributed by atoms with Gasteiger partial charge in [-0.2, -0.15) is 13.2 Å². The molecule has 5 rings (SSSR count). The van der Waals surface area contributed by atoms with Crippen LogP contribution in [0.4, 0.5) is 13.2 Å². The number of carbonyl (C=O) groups is 2. The van der Waals surface area contributed by atoms with Gasteiger partial charge in [0.2, 0.25) is 5.91 Å². The van der Waals surface area contributed by atoms with E-state index in [1.165, 1.54) is 12.3 Å². The molecule has 0 bridgehead atoms. The quantitative estimate of drug-likeness (QED) is 0.455. The van der Waals surface area contributed by atoms with Gasteiger partial charge >= 0.3 is 6.18 Å². The Morgan fingerprint density at radius 1 is 1.18 bits per heavy atom. The van der Waals surface area contributed by atoms with Crippen molar-refractivity contribution in [3.05, 3.63) is 41.2 Å². The van der Waals surface area contributed by atoms with Crippen molar-refractivity contribution in [2.75, 3.05) is 19.7 Å². The summed E-state index contributed by atoms with van der Waals surface area (Å²) in [7, 11) is 0. The van der Waals surface area contributed by atoms with E-state index in [4.69, 9.17) is 4.74 Å². The number of aromatic amines is 1. The number of rotatable bonds is 7. The monoisotopic (exact) mass is 529 g/mol. The van der Waals surface area contributed by atoms with Crippen molar-refractivity contribution in [1.29, 1.82) is 0 Å². The molecule has 2 amide bonds. The number of hydrogen-bond donors (Lipinski definition) is 2. The second-order valence-corrected chi connectivity index (χ2v) is 10.0. The molecule has 1 aromatic carbocycles. The fourth-order valence-electron chi connectivity index (χ4n) is 4.77. The molecule has 8 nitrogen and oxygen atoms in total. The van der Waals surface area contributed by atoms with Crippen molar-refractivity contribution >= 4 is 22.8 Å². The van der Waals surface area contributed by atoms with E-state index in [1.54, 1.807) is 11.8 Å². The van der Waals surface area contributed by atoms with Crippen LogP contribution < -0.4 is 10.1 Å². The fraction of sp³-hybridized carbons (Fsp3) is 0.481. The highest BCUT2D eigenvalue weighted by atomic mass is 19.4. The second-order valence-electron chi connectivity index (χ2n) is 10.0. The molecule has 2 aromatic heterocycles. The van der Waals surface area contributed by atoms with E-state index in [0.717, 1.165) is 25.0 Å². The van der Waals surface area contributed by atoms with E-state index in [1.807, 2.05) is 6.92 Å². The lowest BCUT2D eigenvalue weighted by Gasteiger charge is -2.32. The van der Waals surface area contributed by atoms with Crippen LogP contribution in [0.1, 0.15) is 60.6 Å². The number of likely N-dealkylation sites (tertiary alicyclic amines) is 1. The van der Waals surface area contributed by atoms with Crippen LogP contribution >= 0.6 is 0 Å². The Hall–Kier alpha value is -3.63. The Kier molecular flexibility index (Phi) is 7.02. The maximum absolute atomic E-state index is 13.5. The summed E-state index contributed by atoms with van der Waals surface area (Å²) in [4.78, 5) is 39.0. The zero-order chi connectivity index (χ0) is 27.0. The predicted octanol–water partition coefficient (Wildman–Crippen LogP) is 4.87.